The number of morpholine rings is 1. The van der Waals surface area contributed by atoms with Crippen LogP contribution in [0.4, 0.5) is 5.69 Å². The average Bonchev–Trinajstić information content (AvgIpc) is 2.64. The van der Waals surface area contributed by atoms with Crippen LogP contribution >= 0.6 is 0 Å². The van der Waals surface area contributed by atoms with Crippen molar-refractivity contribution < 1.29 is 19.4 Å². The Labute approximate surface area is 148 Å². The normalized spacial score (nSPS) is 26.9. The average molecular weight is 346 g/mol. The monoisotopic (exact) mass is 346 g/mol. The smallest absolute Gasteiger partial charge is 0.329 e. The van der Waals surface area contributed by atoms with Gasteiger partial charge in [0, 0.05) is 24.3 Å². The molecule has 1 aliphatic heterocycles. The first kappa shape index (κ1) is 17.7. The van der Waals surface area contributed by atoms with Gasteiger partial charge in [0.25, 0.3) is 5.91 Å². The number of carbonyl (C=O) groups excluding carboxylic acids is 1. The molecule has 2 N–H and O–H groups in total. The number of carboxylic acids is 1. The highest BCUT2D eigenvalue weighted by Crippen LogP contribution is 2.32. The molecule has 136 valence electrons. The van der Waals surface area contributed by atoms with Gasteiger partial charge in [-0.05, 0) is 55.9 Å². The summed E-state index contributed by atoms with van der Waals surface area (Å²) < 4.78 is 5.35. The van der Waals surface area contributed by atoms with E-state index in [1.807, 2.05) is 12.1 Å². The van der Waals surface area contributed by atoms with Gasteiger partial charge in [-0.2, -0.15) is 0 Å². The minimum absolute atomic E-state index is 0.314. The second-order valence-electron chi connectivity index (χ2n) is 7.17. The molecule has 25 heavy (non-hydrogen) atoms. The number of benzene rings is 1. The van der Waals surface area contributed by atoms with E-state index in [0.717, 1.165) is 31.6 Å². The van der Waals surface area contributed by atoms with E-state index in [2.05, 4.69) is 17.1 Å². The van der Waals surface area contributed by atoms with Crippen molar-refractivity contribution in [2.75, 3.05) is 31.2 Å². The fraction of sp³-hybridized carbons (Fsp3) is 0.579. The van der Waals surface area contributed by atoms with Gasteiger partial charge in [0.05, 0.1) is 13.2 Å². The summed E-state index contributed by atoms with van der Waals surface area (Å²) >= 11 is 0. The molecule has 2 aliphatic rings. The summed E-state index contributed by atoms with van der Waals surface area (Å²) in [4.78, 5) is 26.6. The zero-order chi connectivity index (χ0) is 17.9. The van der Waals surface area contributed by atoms with Crippen LogP contribution in [-0.4, -0.2) is 48.8 Å². The number of carbonyl (C=O) groups is 2. The fourth-order valence-corrected chi connectivity index (χ4v) is 3.58. The molecular formula is C19H26N2O4. The van der Waals surface area contributed by atoms with E-state index >= 15 is 0 Å². The van der Waals surface area contributed by atoms with Gasteiger partial charge in [-0.25, -0.2) is 4.79 Å². The number of anilines is 1. The molecule has 1 aliphatic carbocycles. The van der Waals surface area contributed by atoms with Crippen molar-refractivity contribution in [3.63, 3.8) is 0 Å². The quantitative estimate of drug-likeness (QED) is 0.874. The number of nitrogens with one attached hydrogen (secondary N) is 1. The third-order valence-electron chi connectivity index (χ3n) is 5.40. The predicted molar refractivity (Wildman–Crippen MR) is 94.9 cm³/mol. The van der Waals surface area contributed by atoms with Gasteiger partial charge in [-0.1, -0.05) is 6.92 Å². The van der Waals surface area contributed by atoms with Crippen molar-refractivity contribution in [3.8, 4) is 0 Å². The van der Waals surface area contributed by atoms with E-state index in [4.69, 9.17) is 4.74 Å². The van der Waals surface area contributed by atoms with E-state index in [0.29, 0.717) is 37.5 Å². The van der Waals surface area contributed by atoms with Crippen LogP contribution in [0, 0.1) is 5.92 Å². The summed E-state index contributed by atoms with van der Waals surface area (Å²) in [5.41, 5.74) is 0.419. The lowest BCUT2D eigenvalue weighted by atomic mass is 9.77. The first-order valence-corrected chi connectivity index (χ1v) is 8.99. The zero-order valence-electron chi connectivity index (χ0n) is 14.7. The summed E-state index contributed by atoms with van der Waals surface area (Å²) in [6.45, 7) is 5.22. The number of aliphatic carboxylic acids is 1. The minimum atomic E-state index is -1.13. The van der Waals surface area contributed by atoms with Crippen LogP contribution in [-0.2, 0) is 9.53 Å². The molecule has 0 spiro atoms. The second-order valence-corrected chi connectivity index (χ2v) is 7.17. The van der Waals surface area contributed by atoms with Crippen LogP contribution in [0.5, 0.6) is 0 Å². The second kappa shape index (κ2) is 7.44. The van der Waals surface area contributed by atoms with E-state index in [9.17, 15) is 14.7 Å². The molecule has 6 heteroatoms. The van der Waals surface area contributed by atoms with Crippen molar-refractivity contribution in [3.05, 3.63) is 29.8 Å². The molecule has 0 radical (unpaired) electrons. The zero-order valence-corrected chi connectivity index (χ0v) is 14.7. The summed E-state index contributed by atoms with van der Waals surface area (Å²) in [6, 6.07) is 7.36. The SMILES string of the molecule is CC1CCC(NC(=O)c2ccc(N3CCOCC3)cc2)(C(=O)O)CC1. The number of hydrogen-bond donors (Lipinski definition) is 2. The molecule has 0 bridgehead atoms. The Bertz CT molecular complexity index is 615. The predicted octanol–water partition coefficient (Wildman–Crippen LogP) is 2.29. The third-order valence-corrected chi connectivity index (χ3v) is 5.40. The first-order chi connectivity index (χ1) is 12.0. The van der Waals surface area contributed by atoms with Crippen LogP contribution in [0.1, 0.15) is 43.0 Å². The van der Waals surface area contributed by atoms with Crippen molar-refractivity contribution in [1.82, 2.24) is 5.32 Å². The number of amides is 1. The molecule has 1 heterocycles. The van der Waals surface area contributed by atoms with Gasteiger partial charge in [0.1, 0.15) is 5.54 Å². The summed E-state index contributed by atoms with van der Waals surface area (Å²) in [6.07, 6.45) is 2.62. The Morgan fingerprint density at radius 3 is 2.32 bits per heavy atom. The Hall–Kier alpha value is -2.08. The van der Waals surface area contributed by atoms with Crippen LogP contribution in [0.2, 0.25) is 0 Å². The number of nitrogens with zero attached hydrogens (tertiary/aromatic N) is 1. The standard InChI is InChI=1S/C19H26N2O4/c1-14-6-8-19(9-7-14,18(23)24)20-17(22)15-2-4-16(5-3-15)21-10-12-25-13-11-21/h2-5,14H,6-13H2,1H3,(H,20,22)(H,23,24). The first-order valence-electron chi connectivity index (χ1n) is 8.99. The van der Waals surface area contributed by atoms with Gasteiger partial charge in [0.15, 0.2) is 0 Å². The number of rotatable bonds is 4. The van der Waals surface area contributed by atoms with Crippen LogP contribution in [0.15, 0.2) is 24.3 Å². The van der Waals surface area contributed by atoms with Crippen molar-refractivity contribution in [1.29, 1.82) is 0 Å². The number of ether oxygens (including phenoxy) is 1. The van der Waals surface area contributed by atoms with Gasteiger partial charge in [-0.15, -0.1) is 0 Å². The van der Waals surface area contributed by atoms with Crippen molar-refractivity contribution in [2.24, 2.45) is 5.92 Å². The maximum Gasteiger partial charge on any atom is 0.329 e. The van der Waals surface area contributed by atoms with Crippen LogP contribution in [0.25, 0.3) is 0 Å². The molecule has 1 amide bonds. The van der Waals surface area contributed by atoms with E-state index < -0.39 is 11.5 Å². The Morgan fingerprint density at radius 2 is 1.76 bits per heavy atom. The molecule has 2 fully saturated rings. The fourth-order valence-electron chi connectivity index (χ4n) is 3.58. The molecule has 3 rings (SSSR count). The van der Waals surface area contributed by atoms with Gasteiger partial charge in [0.2, 0.25) is 0 Å². The molecule has 1 saturated carbocycles. The molecule has 1 aromatic carbocycles. The lowest BCUT2D eigenvalue weighted by Crippen LogP contribution is -2.56. The van der Waals surface area contributed by atoms with E-state index in [-0.39, 0.29) is 5.91 Å². The molecule has 1 saturated heterocycles. The van der Waals surface area contributed by atoms with Gasteiger partial charge < -0.3 is 20.1 Å². The van der Waals surface area contributed by atoms with Gasteiger partial charge >= 0.3 is 5.97 Å². The topological polar surface area (TPSA) is 78.9 Å². The van der Waals surface area contributed by atoms with Crippen LogP contribution < -0.4 is 10.2 Å². The number of hydrogen-bond acceptors (Lipinski definition) is 4. The molecule has 0 unspecified atom stereocenters. The third kappa shape index (κ3) is 3.95. The Morgan fingerprint density at radius 1 is 1.16 bits per heavy atom. The molecule has 1 aromatic rings. The lowest BCUT2D eigenvalue weighted by Gasteiger charge is -2.36. The highest BCUT2D eigenvalue weighted by atomic mass is 16.5. The largest absolute Gasteiger partial charge is 0.480 e. The Kier molecular flexibility index (Phi) is 5.27. The van der Waals surface area contributed by atoms with Crippen molar-refractivity contribution >= 4 is 17.6 Å². The van der Waals surface area contributed by atoms with E-state index in [1.165, 1.54) is 0 Å². The van der Waals surface area contributed by atoms with E-state index in [1.54, 1.807) is 12.1 Å². The molecular weight excluding hydrogens is 320 g/mol. The summed E-state index contributed by atoms with van der Waals surface area (Å²) in [5, 5.41) is 12.4. The van der Waals surface area contributed by atoms with Gasteiger partial charge in [-0.3, -0.25) is 4.79 Å². The maximum absolute atomic E-state index is 12.6. The Balaban J connectivity index is 1.68. The molecule has 6 nitrogen and oxygen atoms in total. The highest BCUT2D eigenvalue weighted by Gasteiger charge is 2.42. The molecule has 0 atom stereocenters. The summed E-state index contributed by atoms with van der Waals surface area (Å²) in [5.74, 6) is -0.736. The molecule has 0 aromatic heterocycles. The van der Waals surface area contributed by atoms with Crippen LogP contribution in [0.3, 0.4) is 0 Å². The maximum atomic E-state index is 12.6. The number of carboxylic acid groups (broad SMARTS) is 1. The van der Waals surface area contributed by atoms with Crippen molar-refractivity contribution in [2.45, 2.75) is 38.1 Å². The lowest BCUT2D eigenvalue weighted by molar-refractivity contribution is -0.146. The summed E-state index contributed by atoms with van der Waals surface area (Å²) in [7, 11) is 0. The minimum Gasteiger partial charge on any atom is -0.480 e. The highest BCUT2D eigenvalue weighted by molar-refractivity contribution is 5.98.